The number of ether oxygens (including phenoxy) is 1. The molecule has 0 aromatic heterocycles. The molecule has 0 fully saturated rings. The summed E-state index contributed by atoms with van der Waals surface area (Å²) >= 11 is 0. The number of carboxylic acids is 2. The first-order valence-electron chi connectivity index (χ1n) is 7.90. The van der Waals surface area contributed by atoms with Crippen LogP contribution in [0.2, 0.25) is 0 Å². The highest BCUT2D eigenvalue weighted by Gasteiger charge is 2.33. The quantitative estimate of drug-likeness (QED) is 0.320. The molecule has 130 valence electrons. The first-order chi connectivity index (χ1) is 12.9. The Hall–Kier alpha value is -4.00. The maximum atomic E-state index is 12.3. The third-order valence-electron chi connectivity index (χ3n) is 4.96. The van der Waals surface area contributed by atoms with Crippen LogP contribution >= 0.6 is 0 Å². The Balaban J connectivity index is 2.22. The number of cyclic esters (lactones) is 2. The van der Waals surface area contributed by atoms with Crippen molar-refractivity contribution in [1.29, 1.82) is 0 Å². The lowest BCUT2D eigenvalue weighted by molar-refractivity contribution is 0.0390. The molecule has 1 aliphatic heterocycles. The molecule has 5 rings (SSSR count). The van der Waals surface area contributed by atoms with Crippen LogP contribution in [0.3, 0.4) is 0 Å². The van der Waals surface area contributed by atoms with Crippen molar-refractivity contribution in [3.63, 3.8) is 0 Å². The van der Waals surface area contributed by atoms with Crippen LogP contribution in [0.4, 0.5) is 0 Å². The van der Waals surface area contributed by atoms with Crippen molar-refractivity contribution >= 4 is 56.2 Å². The minimum Gasteiger partial charge on any atom is -0.478 e. The van der Waals surface area contributed by atoms with Gasteiger partial charge < -0.3 is 14.9 Å². The number of aromatic carboxylic acids is 2. The van der Waals surface area contributed by atoms with E-state index in [0.29, 0.717) is 16.2 Å². The summed E-state index contributed by atoms with van der Waals surface area (Å²) < 4.78 is 4.77. The predicted octanol–water partition coefficient (Wildman–Crippen LogP) is 3.29. The van der Waals surface area contributed by atoms with E-state index in [2.05, 4.69) is 0 Å². The molecule has 7 heteroatoms. The molecule has 0 aliphatic carbocycles. The number of carbonyl (C=O) groups excluding carboxylic acids is 2. The normalized spacial score (nSPS) is 13.5. The van der Waals surface area contributed by atoms with Gasteiger partial charge in [-0.25, -0.2) is 19.2 Å². The summed E-state index contributed by atoms with van der Waals surface area (Å²) in [5.74, 6) is -4.41. The van der Waals surface area contributed by atoms with E-state index in [1.807, 2.05) is 0 Å². The Morgan fingerprint density at radius 2 is 1.37 bits per heavy atom. The number of hydrogen-bond acceptors (Lipinski definition) is 5. The zero-order valence-corrected chi connectivity index (χ0v) is 13.4. The molecule has 1 heterocycles. The van der Waals surface area contributed by atoms with E-state index in [-0.39, 0.29) is 38.4 Å². The van der Waals surface area contributed by atoms with Gasteiger partial charge >= 0.3 is 23.9 Å². The highest BCUT2D eigenvalue weighted by molar-refractivity contribution is 6.37. The SMILES string of the molecule is O=C(O)c1c(C(=O)O)c2ccc3c4c(cc5cccc1c5c24)C(=O)OC3=O. The lowest BCUT2D eigenvalue weighted by Gasteiger charge is -2.21. The number of rotatable bonds is 2. The molecular weight excluding hydrogens is 352 g/mol. The van der Waals surface area contributed by atoms with Gasteiger partial charge in [0.15, 0.2) is 0 Å². The average molecular weight is 360 g/mol. The molecule has 0 saturated carbocycles. The van der Waals surface area contributed by atoms with Crippen molar-refractivity contribution in [3.05, 3.63) is 58.7 Å². The van der Waals surface area contributed by atoms with Gasteiger partial charge in [-0.1, -0.05) is 24.3 Å². The third-order valence-corrected chi connectivity index (χ3v) is 4.96. The molecule has 7 nitrogen and oxygen atoms in total. The fraction of sp³-hybridized carbons (Fsp3) is 0. The van der Waals surface area contributed by atoms with Gasteiger partial charge in [0.2, 0.25) is 0 Å². The fourth-order valence-corrected chi connectivity index (χ4v) is 3.99. The van der Waals surface area contributed by atoms with Crippen LogP contribution in [0.25, 0.3) is 32.3 Å². The zero-order valence-electron chi connectivity index (χ0n) is 13.4. The molecule has 0 spiro atoms. The summed E-state index contributed by atoms with van der Waals surface area (Å²) in [6.45, 7) is 0. The first-order valence-corrected chi connectivity index (χ1v) is 7.90. The van der Waals surface area contributed by atoms with Crippen molar-refractivity contribution in [2.24, 2.45) is 0 Å². The largest absolute Gasteiger partial charge is 0.478 e. The highest BCUT2D eigenvalue weighted by atomic mass is 16.6. The minimum atomic E-state index is -1.40. The molecule has 0 atom stereocenters. The lowest BCUT2D eigenvalue weighted by Crippen LogP contribution is -2.20. The lowest BCUT2D eigenvalue weighted by atomic mass is 9.83. The van der Waals surface area contributed by atoms with Crippen LogP contribution in [0.5, 0.6) is 0 Å². The Labute approximate surface area is 149 Å². The fourth-order valence-electron chi connectivity index (χ4n) is 3.99. The second kappa shape index (κ2) is 4.79. The molecule has 0 unspecified atom stereocenters. The van der Waals surface area contributed by atoms with E-state index in [9.17, 15) is 29.4 Å². The number of benzene rings is 4. The average Bonchev–Trinajstić information content (AvgIpc) is 2.63. The Bertz CT molecular complexity index is 1380. The van der Waals surface area contributed by atoms with Gasteiger partial charge in [0.1, 0.15) is 0 Å². The van der Waals surface area contributed by atoms with Crippen LogP contribution in [0.15, 0.2) is 36.4 Å². The van der Waals surface area contributed by atoms with Gasteiger partial charge in [0.25, 0.3) is 0 Å². The summed E-state index contributed by atoms with van der Waals surface area (Å²) in [6, 6.07) is 9.09. The molecule has 4 aromatic carbocycles. The smallest absolute Gasteiger partial charge is 0.346 e. The molecule has 4 aromatic rings. The van der Waals surface area contributed by atoms with Gasteiger partial charge in [-0.15, -0.1) is 0 Å². The highest BCUT2D eigenvalue weighted by Crippen LogP contribution is 2.43. The standard InChI is InChI=1S/C20H8O7/c21-17(22)15-8-3-1-2-7-6-11-13-10(19(25)27-20(11)26)5-4-9(14(13)12(7)8)16(15)18(23)24/h1-6H,(H,21,22)(H,23,24). The maximum absolute atomic E-state index is 12.3. The number of hydrogen-bond donors (Lipinski definition) is 2. The summed E-state index contributed by atoms with van der Waals surface area (Å²) in [7, 11) is 0. The molecule has 0 radical (unpaired) electrons. The van der Waals surface area contributed by atoms with Gasteiger partial charge in [-0.2, -0.15) is 0 Å². The Morgan fingerprint density at radius 3 is 2.04 bits per heavy atom. The monoisotopic (exact) mass is 360 g/mol. The van der Waals surface area contributed by atoms with E-state index in [1.54, 1.807) is 12.1 Å². The van der Waals surface area contributed by atoms with Crippen molar-refractivity contribution < 1.29 is 34.1 Å². The van der Waals surface area contributed by atoms with Crippen molar-refractivity contribution in [3.8, 4) is 0 Å². The Kier molecular flexibility index (Phi) is 2.71. The van der Waals surface area contributed by atoms with Crippen molar-refractivity contribution in [1.82, 2.24) is 0 Å². The molecular formula is C20H8O7. The second-order valence-corrected chi connectivity index (χ2v) is 6.28. The van der Waals surface area contributed by atoms with Gasteiger partial charge in [-0.3, -0.25) is 0 Å². The molecule has 0 saturated heterocycles. The molecule has 0 bridgehead atoms. The van der Waals surface area contributed by atoms with Crippen LogP contribution in [-0.4, -0.2) is 34.1 Å². The summed E-state index contributed by atoms with van der Waals surface area (Å²) in [5, 5.41) is 21.5. The number of esters is 2. The minimum absolute atomic E-state index is 0.142. The van der Waals surface area contributed by atoms with E-state index in [4.69, 9.17) is 4.74 Å². The Morgan fingerprint density at radius 1 is 0.741 bits per heavy atom. The molecule has 27 heavy (non-hydrogen) atoms. The van der Waals surface area contributed by atoms with E-state index >= 15 is 0 Å². The molecule has 2 N–H and O–H groups in total. The van der Waals surface area contributed by atoms with Crippen LogP contribution in [0, 0.1) is 0 Å². The van der Waals surface area contributed by atoms with Crippen LogP contribution in [-0.2, 0) is 4.74 Å². The van der Waals surface area contributed by atoms with Crippen LogP contribution < -0.4 is 0 Å². The topological polar surface area (TPSA) is 118 Å². The number of carbonyl (C=O) groups is 4. The van der Waals surface area contributed by atoms with E-state index < -0.39 is 23.9 Å². The molecule has 1 aliphatic rings. The second-order valence-electron chi connectivity index (χ2n) is 6.28. The number of carboxylic acid groups (broad SMARTS) is 2. The van der Waals surface area contributed by atoms with Gasteiger partial charge in [0, 0.05) is 5.39 Å². The van der Waals surface area contributed by atoms with E-state index in [0.717, 1.165) is 0 Å². The summed E-state index contributed by atoms with van der Waals surface area (Å²) in [6.07, 6.45) is 0. The van der Waals surface area contributed by atoms with Gasteiger partial charge in [-0.05, 0) is 39.1 Å². The summed E-state index contributed by atoms with van der Waals surface area (Å²) in [4.78, 5) is 48.3. The van der Waals surface area contributed by atoms with E-state index in [1.165, 1.54) is 24.3 Å². The maximum Gasteiger partial charge on any atom is 0.346 e. The molecule has 0 amide bonds. The van der Waals surface area contributed by atoms with Crippen molar-refractivity contribution in [2.75, 3.05) is 0 Å². The zero-order chi connectivity index (χ0) is 19.0. The van der Waals surface area contributed by atoms with Crippen LogP contribution in [0.1, 0.15) is 41.4 Å². The summed E-state index contributed by atoms with van der Waals surface area (Å²) in [5.41, 5.74) is -0.413. The third kappa shape index (κ3) is 1.75. The predicted molar refractivity (Wildman–Crippen MR) is 93.8 cm³/mol. The first kappa shape index (κ1) is 15.3. The van der Waals surface area contributed by atoms with Crippen molar-refractivity contribution in [2.45, 2.75) is 0 Å². The van der Waals surface area contributed by atoms with Gasteiger partial charge in [0.05, 0.1) is 22.3 Å².